The molecule has 0 N–H and O–H groups in total. The van der Waals surface area contributed by atoms with Gasteiger partial charge in [-0.1, -0.05) is 180 Å². The second kappa shape index (κ2) is 19.2. The molecule has 7 aromatic carbocycles. The Labute approximate surface area is 401 Å². The Hall–Kier alpha value is -5.97. The third kappa shape index (κ3) is 9.29. The van der Waals surface area contributed by atoms with E-state index in [1.54, 1.807) is 0 Å². The van der Waals surface area contributed by atoms with Gasteiger partial charge in [-0.2, -0.15) is 0 Å². The summed E-state index contributed by atoms with van der Waals surface area (Å²) in [6, 6.07) is 67.3. The Balaban J connectivity index is 0.000000188. The molecule has 0 bridgehead atoms. The summed E-state index contributed by atoms with van der Waals surface area (Å²) in [5, 5.41) is 1.48. The molecule has 0 fully saturated rings. The fraction of sp³-hybridized carbons (Fsp3) is 0.200. The van der Waals surface area contributed by atoms with Crippen LogP contribution >= 0.6 is 0 Å². The van der Waals surface area contributed by atoms with Gasteiger partial charge >= 0.3 is 0 Å². The zero-order chi connectivity index (χ0) is 44.4. The molecule has 1 aliphatic rings. The van der Waals surface area contributed by atoms with Crippen LogP contribution in [0.4, 0.5) is 0 Å². The average Bonchev–Trinajstić information content (AvgIpc) is 3.82. The quantitative estimate of drug-likeness (QED) is 0.101. The summed E-state index contributed by atoms with van der Waals surface area (Å²) in [7, 11) is -1.40. The molecule has 0 aliphatic heterocycles. The molecule has 1 aliphatic carbocycles. The van der Waals surface area contributed by atoms with Crippen molar-refractivity contribution in [3.63, 3.8) is 0 Å². The van der Waals surface area contributed by atoms with Gasteiger partial charge in [-0.25, -0.2) is 0 Å². The first-order chi connectivity index (χ1) is 31.0. The van der Waals surface area contributed by atoms with Crippen LogP contribution in [-0.2, 0) is 31.9 Å². The van der Waals surface area contributed by atoms with Crippen LogP contribution in [0, 0.1) is 18.1 Å². The maximum Gasteiger partial charge on any atom is 0.0798 e. The number of rotatable bonds is 10. The van der Waals surface area contributed by atoms with Crippen molar-refractivity contribution >= 4 is 24.3 Å². The third-order valence-electron chi connectivity index (χ3n) is 12.8. The first-order valence-electron chi connectivity index (χ1n) is 22.9. The largest absolute Gasteiger partial charge is 0.333 e. The molecule has 3 nitrogen and oxygen atoms in total. The maximum atomic E-state index is 5.13. The summed E-state index contributed by atoms with van der Waals surface area (Å²) in [4.78, 5) is 9.95. The Morgan fingerprint density at radius 3 is 1.98 bits per heavy atom. The van der Waals surface area contributed by atoms with Crippen LogP contribution in [0.15, 0.2) is 176 Å². The van der Waals surface area contributed by atoms with Crippen molar-refractivity contribution in [2.75, 3.05) is 0 Å². The van der Waals surface area contributed by atoms with E-state index in [1.165, 1.54) is 55.3 Å². The summed E-state index contributed by atoms with van der Waals surface area (Å²) in [6.07, 6.45) is 5.49. The van der Waals surface area contributed by atoms with E-state index < -0.39 is 8.07 Å². The van der Waals surface area contributed by atoms with E-state index in [4.69, 9.17) is 9.97 Å². The van der Waals surface area contributed by atoms with Gasteiger partial charge in [-0.15, -0.1) is 64.7 Å². The molecule has 5 heteroatoms. The molecule has 2 aromatic heterocycles. The van der Waals surface area contributed by atoms with E-state index in [0.717, 1.165) is 58.6 Å². The van der Waals surface area contributed by atoms with Crippen molar-refractivity contribution in [2.24, 2.45) is 5.92 Å². The van der Waals surface area contributed by atoms with Crippen molar-refractivity contribution in [1.29, 1.82) is 0 Å². The van der Waals surface area contributed by atoms with Gasteiger partial charge < -0.3 is 9.55 Å². The van der Waals surface area contributed by atoms with Crippen LogP contribution in [0.1, 0.15) is 57.2 Å². The normalized spacial score (nSPS) is 14.0. The Morgan fingerprint density at radius 2 is 1.29 bits per heavy atom. The zero-order valence-corrected chi connectivity index (χ0v) is 42.0. The van der Waals surface area contributed by atoms with Crippen molar-refractivity contribution in [3.8, 4) is 61.7 Å². The summed E-state index contributed by atoms with van der Waals surface area (Å²) in [5.41, 5.74) is 18.1. The van der Waals surface area contributed by atoms with E-state index in [9.17, 15) is 0 Å². The minimum atomic E-state index is -1.40. The smallest absolute Gasteiger partial charge is 0.0798 e. The van der Waals surface area contributed by atoms with Crippen LogP contribution in [0.2, 0.25) is 19.6 Å². The predicted molar refractivity (Wildman–Crippen MR) is 273 cm³/mol. The SMILES string of the molecule is CC(C)Cc1cc(-c2[c-]ccc(-c3ccccc3)c2)ncc1[Si](C)(C)C.CCCC1(C)c2c[c-]c(-c3nc4ccccc4n3-c3ccc(-c4ccccc4)cc3)cc2-c2ccccc21.[Ir]. The van der Waals surface area contributed by atoms with E-state index in [2.05, 4.69) is 228 Å². The molecular weight excluding hydrogens is 983 g/mol. The van der Waals surface area contributed by atoms with Crippen LogP contribution in [-0.4, -0.2) is 22.6 Å². The van der Waals surface area contributed by atoms with E-state index >= 15 is 0 Å². The second-order valence-corrected chi connectivity index (χ2v) is 23.9. The molecule has 0 saturated carbocycles. The van der Waals surface area contributed by atoms with Gasteiger partial charge in [-0.05, 0) is 87.1 Å². The van der Waals surface area contributed by atoms with Crippen LogP contribution < -0.4 is 5.19 Å². The standard InChI is InChI=1S/C36H29N2.C24H28NSi.Ir/c1-3-23-36(2)31-14-8-7-13-29(31)30-24-27(19-22-32(30)36)35-37-33-15-9-10-16-34(33)38(35)28-20-17-26(18-21-28)25-11-5-4-6-12-25;1-18(2)14-22-16-23(25-17-24(22)26(3,4)5)21-13-9-12-20(15-21)19-10-7-6-8-11-19;/h4-18,20-22,24H,3,23H2,1-2H3;6-12,15-18H,14H2,1-5H3;/q2*-1;. The van der Waals surface area contributed by atoms with Crippen molar-refractivity contribution in [1.82, 2.24) is 14.5 Å². The van der Waals surface area contributed by atoms with Gasteiger partial charge in [0.15, 0.2) is 0 Å². The van der Waals surface area contributed by atoms with Gasteiger partial charge in [-0.3, -0.25) is 4.98 Å². The van der Waals surface area contributed by atoms with Crippen LogP contribution in [0.5, 0.6) is 0 Å². The molecule has 1 atom stereocenters. The van der Waals surface area contributed by atoms with Crippen molar-refractivity contribution in [3.05, 3.63) is 205 Å². The molecule has 1 radical (unpaired) electrons. The van der Waals surface area contributed by atoms with Crippen molar-refractivity contribution in [2.45, 2.75) is 72.0 Å². The summed E-state index contributed by atoms with van der Waals surface area (Å²) in [5.74, 6) is 1.56. The Kier molecular flexibility index (Phi) is 13.5. The zero-order valence-electron chi connectivity index (χ0n) is 38.6. The molecular formula is C60H57IrN3Si-2. The van der Waals surface area contributed by atoms with E-state index in [-0.39, 0.29) is 25.5 Å². The summed E-state index contributed by atoms with van der Waals surface area (Å²) in [6.45, 7) is 16.4. The number of imidazole rings is 1. The average molecular weight is 1040 g/mol. The first-order valence-corrected chi connectivity index (χ1v) is 26.4. The first kappa shape index (κ1) is 45.6. The molecule has 65 heavy (non-hydrogen) atoms. The van der Waals surface area contributed by atoms with Gasteiger partial charge in [0.1, 0.15) is 0 Å². The minimum absolute atomic E-state index is 0. The predicted octanol–water partition coefficient (Wildman–Crippen LogP) is 15.2. The maximum absolute atomic E-state index is 5.13. The molecule has 0 spiro atoms. The fourth-order valence-corrected chi connectivity index (χ4v) is 11.3. The molecule has 9 aromatic rings. The number of para-hydroxylation sites is 2. The topological polar surface area (TPSA) is 30.7 Å². The Morgan fingerprint density at radius 1 is 0.646 bits per heavy atom. The van der Waals surface area contributed by atoms with E-state index in [0.29, 0.717) is 5.92 Å². The number of hydrogen-bond acceptors (Lipinski definition) is 2. The van der Waals surface area contributed by atoms with Gasteiger partial charge in [0.2, 0.25) is 0 Å². The second-order valence-electron chi connectivity index (χ2n) is 18.9. The molecule has 1 unspecified atom stereocenters. The van der Waals surface area contributed by atoms with Crippen molar-refractivity contribution < 1.29 is 20.1 Å². The van der Waals surface area contributed by atoms with Crippen LogP contribution in [0.25, 0.3) is 72.7 Å². The molecule has 10 rings (SSSR count). The summed E-state index contributed by atoms with van der Waals surface area (Å²) >= 11 is 0. The third-order valence-corrected chi connectivity index (χ3v) is 14.8. The molecule has 0 saturated heterocycles. The van der Waals surface area contributed by atoms with Gasteiger partial charge in [0.25, 0.3) is 0 Å². The fourth-order valence-electron chi connectivity index (χ4n) is 9.67. The Bertz CT molecular complexity index is 3060. The number of fused-ring (bicyclic) bond motifs is 4. The van der Waals surface area contributed by atoms with Crippen LogP contribution in [0.3, 0.4) is 0 Å². The van der Waals surface area contributed by atoms with Gasteiger partial charge in [0, 0.05) is 32.0 Å². The van der Waals surface area contributed by atoms with Gasteiger partial charge in [0.05, 0.1) is 24.9 Å². The summed E-state index contributed by atoms with van der Waals surface area (Å²) < 4.78 is 2.27. The monoisotopic (exact) mass is 1040 g/mol. The molecule has 0 amide bonds. The number of pyridine rings is 1. The number of nitrogens with zero attached hydrogens (tertiary/aromatic N) is 3. The number of benzene rings is 7. The minimum Gasteiger partial charge on any atom is -0.333 e. The number of hydrogen-bond donors (Lipinski definition) is 0. The number of aromatic nitrogens is 3. The molecule has 2 heterocycles. The van der Waals surface area contributed by atoms with E-state index in [1.807, 2.05) is 12.1 Å². The molecule has 327 valence electrons.